The molecule has 0 bridgehead atoms. The highest BCUT2D eigenvalue weighted by Gasteiger charge is 2.09. The van der Waals surface area contributed by atoms with Crippen LogP contribution in [0.2, 0.25) is 0 Å². The van der Waals surface area contributed by atoms with Crippen molar-refractivity contribution in [2.24, 2.45) is 12.8 Å². The van der Waals surface area contributed by atoms with E-state index >= 15 is 0 Å². The zero-order valence-corrected chi connectivity index (χ0v) is 10.5. The molecule has 0 aliphatic carbocycles. The Bertz CT molecular complexity index is 497. The van der Waals surface area contributed by atoms with E-state index in [2.05, 4.69) is 34.1 Å². The van der Waals surface area contributed by atoms with Crippen LogP contribution in [-0.4, -0.2) is 23.6 Å². The lowest BCUT2D eigenvalue weighted by molar-refractivity contribution is 0.822. The molecule has 90 valence electrons. The first-order chi connectivity index (χ1) is 8.13. The number of benzene rings is 1. The molecule has 2 rings (SSSR count). The smallest absolute Gasteiger partial charge is 0.0953 e. The van der Waals surface area contributed by atoms with E-state index in [1.807, 2.05) is 25.7 Å². The zero-order chi connectivity index (χ0) is 12.4. The van der Waals surface area contributed by atoms with Crippen LogP contribution in [0.3, 0.4) is 0 Å². The summed E-state index contributed by atoms with van der Waals surface area (Å²) in [6, 6.07) is 8.34. The molecule has 4 nitrogen and oxygen atoms in total. The van der Waals surface area contributed by atoms with Crippen molar-refractivity contribution in [1.29, 1.82) is 0 Å². The summed E-state index contributed by atoms with van der Waals surface area (Å²) in [7, 11) is 6.02. The van der Waals surface area contributed by atoms with Crippen molar-refractivity contribution in [1.82, 2.24) is 9.55 Å². The summed E-state index contributed by atoms with van der Waals surface area (Å²) in [4.78, 5) is 6.48. The summed E-state index contributed by atoms with van der Waals surface area (Å²) < 4.78 is 1.97. The maximum Gasteiger partial charge on any atom is 0.0953 e. The molecule has 1 heterocycles. The average Bonchev–Trinajstić information content (AvgIpc) is 2.70. The molecule has 0 atom stereocenters. The highest BCUT2D eigenvalue weighted by atomic mass is 15.1. The third kappa shape index (κ3) is 2.17. The number of aryl methyl sites for hydroxylation is 1. The van der Waals surface area contributed by atoms with Gasteiger partial charge < -0.3 is 15.2 Å². The fraction of sp³-hybridized carbons (Fsp3) is 0.308. The van der Waals surface area contributed by atoms with E-state index in [1.54, 1.807) is 6.33 Å². The van der Waals surface area contributed by atoms with E-state index in [4.69, 9.17) is 5.73 Å². The second-order valence-corrected chi connectivity index (χ2v) is 4.30. The van der Waals surface area contributed by atoms with E-state index in [0.29, 0.717) is 6.54 Å². The zero-order valence-electron chi connectivity index (χ0n) is 10.5. The minimum absolute atomic E-state index is 0.501. The fourth-order valence-electron chi connectivity index (χ4n) is 1.85. The summed E-state index contributed by atoms with van der Waals surface area (Å²) >= 11 is 0. The lowest BCUT2D eigenvalue weighted by Gasteiger charge is -2.12. The Hall–Kier alpha value is -1.81. The molecule has 0 fully saturated rings. The fourth-order valence-corrected chi connectivity index (χ4v) is 1.85. The van der Waals surface area contributed by atoms with Gasteiger partial charge in [0.1, 0.15) is 0 Å². The van der Waals surface area contributed by atoms with Crippen molar-refractivity contribution in [3.05, 3.63) is 36.3 Å². The van der Waals surface area contributed by atoms with E-state index in [1.165, 1.54) is 5.69 Å². The molecule has 1 aromatic heterocycles. The van der Waals surface area contributed by atoms with Crippen LogP contribution in [0.25, 0.3) is 11.3 Å². The molecule has 17 heavy (non-hydrogen) atoms. The first-order valence-electron chi connectivity index (χ1n) is 5.61. The molecule has 2 N–H and O–H groups in total. The number of imidazole rings is 1. The molecule has 0 saturated heterocycles. The summed E-state index contributed by atoms with van der Waals surface area (Å²) in [6.45, 7) is 0.501. The molecule has 0 unspecified atom stereocenters. The SMILES string of the molecule is CN(C)c1ccc(-c2ncn(C)c2CN)cc1. The predicted molar refractivity (Wildman–Crippen MR) is 70.9 cm³/mol. The van der Waals surface area contributed by atoms with Gasteiger partial charge in [-0.2, -0.15) is 0 Å². The van der Waals surface area contributed by atoms with Gasteiger partial charge in [-0.05, 0) is 12.1 Å². The van der Waals surface area contributed by atoms with Gasteiger partial charge in [-0.25, -0.2) is 4.98 Å². The summed E-state index contributed by atoms with van der Waals surface area (Å²) in [6.07, 6.45) is 1.80. The molecule has 4 heteroatoms. The number of nitrogens with zero attached hydrogens (tertiary/aromatic N) is 3. The van der Waals surface area contributed by atoms with Crippen LogP contribution in [0.5, 0.6) is 0 Å². The standard InChI is InChI=1S/C13H18N4/c1-16(2)11-6-4-10(5-7-11)13-12(8-14)17(3)9-15-13/h4-7,9H,8,14H2,1-3H3. The Morgan fingerprint density at radius 2 is 1.88 bits per heavy atom. The van der Waals surface area contributed by atoms with E-state index in [0.717, 1.165) is 17.0 Å². The lowest BCUT2D eigenvalue weighted by Crippen LogP contribution is -2.08. The Morgan fingerprint density at radius 3 is 2.41 bits per heavy atom. The van der Waals surface area contributed by atoms with Crippen molar-refractivity contribution < 1.29 is 0 Å². The Balaban J connectivity index is 2.39. The van der Waals surface area contributed by atoms with Crippen molar-refractivity contribution in [2.45, 2.75) is 6.54 Å². The monoisotopic (exact) mass is 230 g/mol. The topological polar surface area (TPSA) is 47.1 Å². The van der Waals surface area contributed by atoms with Crippen molar-refractivity contribution >= 4 is 5.69 Å². The van der Waals surface area contributed by atoms with Crippen molar-refractivity contribution in [2.75, 3.05) is 19.0 Å². The third-order valence-electron chi connectivity index (χ3n) is 2.91. The maximum atomic E-state index is 5.74. The van der Waals surface area contributed by atoms with Crippen LogP contribution in [0.1, 0.15) is 5.69 Å². The van der Waals surface area contributed by atoms with Crippen LogP contribution in [0.4, 0.5) is 5.69 Å². The van der Waals surface area contributed by atoms with Gasteiger partial charge in [-0.1, -0.05) is 12.1 Å². The third-order valence-corrected chi connectivity index (χ3v) is 2.91. The normalized spacial score (nSPS) is 10.6. The molecule has 0 aliphatic rings. The number of hydrogen-bond acceptors (Lipinski definition) is 3. The molecule has 2 aromatic rings. The number of anilines is 1. The van der Waals surface area contributed by atoms with Crippen LogP contribution in [-0.2, 0) is 13.6 Å². The summed E-state index contributed by atoms with van der Waals surface area (Å²) in [5.41, 5.74) is 10.1. The number of nitrogens with two attached hydrogens (primary N) is 1. The second-order valence-electron chi connectivity index (χ2n) is 4.30. The summed E-state index contributed by atoms with van der Waals surface area (Å²) in [5.74, 6) is 0. The lowest BCUT2D eigenvalue weighted by atomic mass is 10.1. The number of rotatable bonds is 3. The first-order valence-corrected chi connectivity index (χ1v) is 5.61. The number of aromatic nitrogens is 2. The van der Waals surface area contributed by atoms with Crippen molar-refractivity contribution in [3.63, 3.8) is 0 Å². The highest BCUT2D eigenvalue weighted by molar-refractivity contribution is 5.65. The largest absolute Gasteiger partial charge is 0.378 e. The van der Waals surface area contributed by atoms with Crippen LogP contribution in [0.15, 0.2) is 30.6 Å². The molecule has 0 amide bonds. The minimum Gasteiger partial charge on any atom is -0.378 e. The van der Waals surface area contributed by atoms with Gasteiger partial charge in [0.15, 0.2) is 0 Å². The summed E-state index contributed by atoms with van der Waals surface area (Å²) in [5, 5.41) is 0. The van der Waals surface area contributed by atoms with Gasteiger partial charge in [-0.15, -0.1) is 0 Å². The highest BCUT2D eigenvalue weighted by Crippen LogP contribution is 2.23. The van der Waals surface area contributed by atoms with E-state index in [9.17, 15) is 0 Å². The Labute approximate surface area is 102 Å². The van der Waals surface area contributed by atoms with E-state index < -0.39 is 0 Å². The van der Waals surface area contributed by atoms with Gasteiger partial charge in [0.05, 0.1) is 17.7 Å². The van der Waals surface area contributed by atoms with Crippen LogP contribution in [0, 0.1) is 0 Å². The molecule has 0 spiro atoms. The Morgan fingerprint density at radius 1 is 1.24 bits per heavy atom. The molecule has 1 aromatic carbocycles. The van der Waals surface area contributed by atoms with Crippen LogP contribution < -0.4 is 10.6 Å². The van der Waals surface area contributed by atoms with Gasteiger partial charge in [0.25, 0.3) is 0 Å². The average molecular weight is 230 g/mol. The van der Waals surface area contributed by atoms with Gasteiger partial charge in [0, 0.05) is 38.9 Å². The second kappa shape index (κ2) is 4.59. The first kappa shape index (κ1) is 11.7. The molecular weight excluding hydrogens is 212 g/mol. The van der Waals surface area contributed by atoms with Gasteiger partial charge >= 0.3 is 0 Å². The van der Waals surface area contributed by atoms with Gasteiger partial charge in [-0.3, -0.25) is 0 Å². The van der Waals surface area contributed by atoms with Crippen LogP contribution >= 0.6 is 0 Å². The quantitative estimate of drug-likeness (QED) is 0.871. The molecule has 0 aliphatic heterocycles. The minimum atomic E-state index is 0.501. The molecule has 0 radical (unpaired) electrons. The molecule has 0 saturated carbocycles. The predicted octanol–water partition coefficient (Wildman–Crippen LogP) is 1.61. The van der Waals surface area contributed by atoms with Crippen molar-refractivity contribution in [3.8, 4) is 11.3 Å². The molecular formula is C13H18N4. The van der Waals surface area contributed by atoms with E-state index in [-0.39, 0.29) is 0 Å². The van der Waals surface area contributed by atoms with Gasteiger partial charge in [0.2, 0.25) is 0 Å². The Kier molecular flexibility index (Phi) is 3.15. The number of hydrogen-bond donors (Lipinski definition) is 1. The maximum absolute atomic E-state index is 5.74.